The number of halogens is 2. The van der Waals surface area contributed by atoms with Crippen LogP contribution in [0, 0.1) is 5.82 Å². The Balaban J connectivity index is 1.15. The van der Waals surface area contributed by atoms with Crippen molar-refractivity contribution in [2.24, 2.45) is 0 Å². The first kappa shape index (κ1) is 26.4. The molecule has 0 aliphatic carbocycles. The van der Waals surface area contributed by atoms with E-state index in [0.29, 0.717) is 29.6 Å². The zero-order valence-electron chi connectivity index (χ0n) is 21.7. The van der Waals surface area contributed by atoms with Crippen molar-refractivity contribution in [3.63, 3.8) is 0 Å². The first-order chi connectivity index (χ1) is 19.4. The molecule has 2 aromatic carbocycles. The van der Waals surface area contributed by atoms with Crippen LogP contribution in [-0.4, -0.2) is 56.3 Å². The first-order valence-corrected chi connectivity index (χ1v) is 13.6. The molecule has 0 spiro atoms. The van der Waals surface area contributed by atoms with Crippen LogP contribution in [0.5, 0.6) is 5.88 Å². The normalized spacial score (nSPS) is 17.4. The second-order valence-electron chi connectivity index (χ2n) is 10.0. The van der Waals surface area contributed by atoms with Gasteiger partial charge in [-0.3, -0.25) is 4.90 Å². The summed E-state index contributed by atoms with van der Waals surface area (Å²) in [5.74, 6) is 0.0444. The van der Waals surface area contributed by atoms with Crippen LogP contribution >= 0.6 is 11.6 Å². The van der Waals surface area contributed by atoms with Gasteiger partial charge < -0.3 is 19.1 Å². The lowest BCUT2D eigenvalue weighted by atomic mass is 10.0. The third-order valence-electron chi connectivity index (χ3n) is 7.36. The van der Waals surface area contributed by atoms with Crippen LogP contribution in [0.2, 0.25) is 5.02 Å². The van der Waals surface area contributed by atoms with Crippen LogP contribution in [0.15, 0.2) is 60.7 Å². The molecule has 0 saturated carbocycles. The average molecular weight is 563 g/mol. The predicted molar refractivity (Wildman–Crippen MR) is 149 cm³/mol. The number of aromatic carboxylic acids is 1. The molecule has 0 unspecified atom stereocenters. The fraction of sp³-hybridized carbons (Fsp3) is 0.300. The highest BCUT2D eigenvalue weighted by Gasteiger charge is 2.24. The van der Waals surface area contributed by atoms with Crippen molar-refractivity contribution in [3.05, 3.63) is 94.2 Å². The van der Waals surface area contributed by atoms with E-state index in [1.54, 1.807) is 30.3 Å². The molecule has 40 heavy (non-hydrogen) atoms. The molecule has 2 aliphatic rings. The predicted octanol–water partition coefficient (Wildman–Crippen LogP) is 5.58. The van der Waals surface area contributed by atoms with E-state index >= 15 is 0 Å². The van der Waals surface area contributed by atoms with E-state index in [1.807, 2.05) is 12.1 Å². The number of fused-ring (bicyclic) bond motifs is 1. The van der Waals surface area contributed by atoms with E-state index in [2.05, 4.69) is 20.5 Å². The molecule has 1 fully saturated rings. The third-order valence-corrected chi connectivity index (χ3v) is 7.71. The Hall–Kier alpha value is -3.79. The van der Waals surface area contributed by atoms with Gasteiger partial charge in [-0.15, -0.1) is 0 Å². The molecule has 1 saturated heterocycles. The van der Waals surface area contributed by atoms with Crippen LogP contribution in [0.1, 0.15) is 40.3 Å². The maximum atomic E-state index is 13.3. The number of hydrogen-bond acceptors (Lipinski definition) is 6. The lowest BCUT2D eigenvalue weighted by molar-refractivity contribution is -0.0591. The molecule has 0 amide bonds. The molecule has 4 aromatic rings. The minimum Gasteiger partial charge on any atom is -0.478 e. The lowest BCUT2D eigenvalue weighted by Crippen LogP contribution is -2.33. The molecular formula is C30H28ClFN4O4. The number of aromatic nitrogens is 3. The van der Waals surface area contributed by atoms with Gasteiger partial charge in [0.1, 0.15) is 18.2 Å². The Morgan fingerprint density at radius 1 is 1.18 bits per heavy atom. The van der Waals surface area contributed by atoms with Crippen LogP contribution in [0.4, 0.5) is 4.39 Å². The van der Waals surface area contributed by atoms with Crippen molar-refractivity contribution < 1.29 is 23.8 Å². The van der Waals surface area contributed by atoms with Crippen LogP contribution < -0.4 is 4.74 Å². The zero-order chi connectivity index (χ0) is 27.6. The largest absolute Gasteiger partial charge is 0.478 e. The van der Waals surface area contributed by atoms with Crippen molar-refractivity contribution in [3.8, 4) is 5.88 Å². The number of pyridine rings is 1. The Kier molecular flexibility index (Phi) is 7.51. The van der Waals surface area contributed by atoms with Gasteiger partial charge in [-0.05, 0) is 54.8 Å². The molecule has 206 valence electrons. The summed E-state index contributed by atoms with van der Waals surface area (Å²) >= 11 is 6.12. The van der Waals surface area contributed by atoms with Gasteiger partial charge >= 0.3 is 5.97 Å². The first-order valence-electron chi connectivity index (χ1n) is 13.2. The number of rotatable bonds is 9. The molecule has 0 bridgehead atoms. The van der Waals surface area contributed by atoms with Crippen molar-refractivity contribution in [1.29, 1.82) is 0 Å². The lowest BCUT2D eigenvalue weighted by Gasteiger charge is -2.29. The molecule has 1 atom stereocenters. The molecule has 1 N–H and O–H groups in total. The molecule has 10 heteroatoms. The summed E-state index contributed by atoms with van der Waals surface area (Å²) in [6, 6.07) is 15.0. The quantitative estimate of drug-likeness (QED) is 0.285. The molecular weight excluding hydrogens is 535 g/mol. The molecule has 2 aliphatic heterocycles. The van der Waals surface area contributed by atoms with Gasteiger partial charge in [-0.2, -0.15) is 0 Å². The Bertz CT molecular complexity index is 1600. The fourth-order valence-electron chi connectivity index (χ4n) is 5.01. The maximum absolute atomic E-state index is 13.3. The number of carboxylic acids is 1. The van der Waals surface area contributed by atoms with Crippen molar-refractivity contribution >= 4 is 34.2 Å². The molecule has 2 aromatic heterocycles. The van der Waals surface area contributed by atoms with E-state index < -0.39 is 5.97 Å². The van der Waals surface area contributed by atoms with Gasteiger partial charge in [0, 0.05) is 31.3 Å². The Morgan fingerprint density at radius 2 is 2.05 bits per heavy atom. The Labute approximate surface area is 235 Å². The second-order valence-corrected chi connectivity index (χ2v) is 10.4. The number of ether oxygens (including phenoxy) is 2. The van der Waals surface area contributed by atoms with Crippen LogP contribution in [0.3, 0.4) is 0 Å². The van der Waals surface area contributed by atoms with Crippen molar-refractivity contribution in [1.82, 2.24) is 19.4 Å². The topological polar surface area (TPSA) is 89.7 Å². The third kappa shape index (κ3) is 5.72. The molecule has 8 nitrogen and oxygen atoms in total. The number of hydrogen-bond donors (Lipinski definition) is 1. The van der Waals surface area contributed by atoms with E-state index in [0.717, 1.165) is 60.7 Å². The highest BCUT2D eigenvalue weighted by molar-refractivity contribution is 6.31. The summed E-state index contributed by atoms with van der Waals surface area (Å²) in [7, 11) is 0. The average Bonchev–Trinajstić information content (AvgIpc) is 3.26. The summed E-state index contributed by atoms with van der Waals surface area (Å²) in [5.41, 5.74) is 4.55. The summed E-state index contributed by atoms with van der Waals surface area (Å²) in [6.45, 7) is 3.81. The summed E-state index contributed by atoms with van der Waals surface area (Å²) in [4.78, 5) is 23.4. The highest BCUT2D eigenvalue weighted by atomic mass is 35.5. The van der Waals surface area contributed by atoms with Crippen LogP contribution in [-0.2, 0) is 24.4 Å². The van der Waals surface area contributed by atoms with E-state index in [4.69, 9.17) is 26.1 Å². The zero-order valence-corrected chi connectivity index (χ0v) is 22.5. The van der Waals surface area contributed by atoms with Crippen LogP contribution in [0.25, 0.3) is 16.6 Å². The minimum atomic E-state index is -0.952. The van der Waals surface area contributed by atoms with Gasteiger partial charge in [-0.25, -0.2) is 19.2 Å². The maximum Gasteiger partial charge on any atom is 0.335 e. The monoisotopic (exact) mass is 562 g/mol. The van der Waals surface area contributed by atoms with E-state index in [1.165, 1.54) is 12.1 Å². The number of imidazole rings is 1. The van der Waals surface area contributed by atoms with Gasteiger partial charge in [0.2, 0.25) is 5.88 Å². The van der Waals surface area contributed by atoms with Crippen molar-refractivity contribution in [2.75, 3.05) is 19.7 Å². The van der Waals surface area contributed by atoms with E-state index in [9.17, 15) is 14.3 Å². The SMILES string of the molecule is O=C(O)c1ccc2nc(CN3CC=C(c4cccc(OCc5ccc(F)cc5Cl)n4)CC3)n(C[C@@H]3CCO3)c2c1. The number of nitrogens with zero attached hydrogens (tertiary/aromatic N) is 4. The number of carboxylic acid groups (broad SMARTS) is 1. The molecule has 0 radical (unpaired) electrons. The number of benzene rings is 2. The van der Waals surface area contributed by atoms with Gasteiger partial charge in [0.05, 0.1) is 46.5 Å². The fourth-order valence-corrected chi connectivity index (χ4v) is 5.24. The van der Waals surface area contributed by atoms with Gasteiger partial charge in [0.25, 0.3) is 0 Å². The summed E-state index contributed by atoms with van der Waals surface area (Å²) in [5, 5.41) is 9.80. The standard InChI is InChI=1S/C30H28ClFN4O4/c31-24-15-22(32)6-4-21(24)18-40-29-3-1-2-25(34-29)19-8-11-35(12-9-19)17-28-33-26-7-5-20(30(37)38)14-27(26)36(28)16-23-10-13-39-23/h1-8,14-15,23H,9-13,16-18H2,(H,37,38)/t23-/m0/s1. The summed E-state index contributed by atoms with van der Waals surface area (Å²) < 4.78 is 26.9. The summed E-state index contributed by atoms with van der Waals surface area (Å²) in [6.07, 6.45) is 4.10. The molecule has 6 rings (SSSR count). The van der Waals surface area contributed by atoms with Gasteiger partial charge in [0.15, 0.2) is 0 Å². The Morgan fingerprint density at radius 3 is 2.77 bits per heavy atom. The minimum absolute atomic E-state index is 0.122. The van der Waals surface area contributed by atoms with Gasteiger partial charge in [-0.1, -0.05) is 29.8 Å². The highest BCUT2D eigenvalue weighted by Crippen LogP contribution is 2.27. The number of carbonyl (C=O) groups is 1. The molecule has 4 heterocycles. The second kappa shape index (κ2) is 11.4. The van der Waals surface area contributed by atoms with E-state index in [-0.39, 0.29) is 24.1 Å². The smallest absolute Gasteiger partial charge is 0.335 e. The van der Waals surface area contributed by atoms with Crippen molar-refractivity contribution in [2.45, 2.75) is 38.6 Å².